The third-order valence-electron chi connectivity index (χ3n) is 6.48. The number of hydrogen-bond donors (Lipinski definition) is 0. The zero-order valence-electron chi connectivity index (χ0n) is 32.2. The van der Waals surface area contributed by atoms with Crippen molar-refractivity contribution in [3.8, 4) is 23.0 Å². The van der Waals surface area contributed by atoms with Crippen molar-refractivity contribution < 1.29 is 35.4 Å². The molecule has 0 aliphatic rings. The number of ether oxygens (including phenoxy) is 4. The summed E-state index contributed by atoms with van der Waals surface area (Å²) in [5.41, 5.74) is 1.39. The first-order chi connectivity index (χ1) is 22.0. The molecule has 0 saturated heterocycles. The molecule has 0 aliphatic heterocycles. The van der Waals surface area contributed by atoms with E-state index in [0.717, 1.165) is 43.9 Å². The summed E-state index contributed by atoms with van der Waals surface area (Å²) < 4.78 is 23.6. The van der Waals surface area contributed by atoms with Crippen molar-refractivity contribution in [2.75, 3.05) is 26.4 Å². The summed E-state index contributed by atoms with van der Waals surface area (Å²) in [6.45, 7) is 32.1. The van der Waals surface area contributed by atoms with Gasteiger partial charge in [0.2, 0.25) is 0 Å². The van der Waals surface area contributed by atoms with Crippen molar-refractivity contribution >= 4 is 60.3 Å². The summed E-state index contributed by atoms with van der Waals surface area (Å²) in [4.78, 5) is 2.89. The molecule has 2 rings (SSSR count). The second-order valence-corrected chi connectivity index (χ2v) is 17.6. The molecular formula is C40H60NiO4S4-4. The zero-order valence-corrected chi connectivity index (χ0v) is 36.4. The molecular weight excluding hydrogens is 731 g/mol. The number of hydrogen-bond acceptors (Lipinski definition) is 8. The van der Waals surface area contributed by atoms with E-state index in [1.165, 1.54) is 0 Å². The SMILES string of the molecule is CC(C)COc1ccc(OCC(C)C)c(/C([S-])=C(/[S-])C(C)(C)C)c1.CC(C)COc1ccc(OCC(C)C)c(/C([S-])=C(/[S-])C(C)(C)C)c1.[Ni]. The van der Waals surface area contributed by atoms with Gasteiger partial charge in [-0.25, -0.2) is 9.81 Å². The van der Waals surface area contributed by atoms with Gasteiger partial charge in [-0.15, -0.1) is 0 Å². The molecule has 4 nitrogen and oxygen atoms in total. The molecule has 2 aromatic carbocycles. The molecule has 0 atom stereocenters. The Balaban J connectivity index is 0.000000922. The molecule has 0 aromatic heterocycles. The van der Waals surface area contributed by atoms with Crippen molar-refractivity contribution in [1.82, 2.24) is 0 Å². The maximum absolute atomic E-state index is 5.96. The van der Waals surface area contributed by atoms with Gasteiger partial charge in [0.25, 0.3) is 0 Å². The van der Waals surface area contributed by atoms with Crippen LogP contribution in [0.15, 0.2) is 46.2 Å². The molecule has 49 heavy (non-hydrogen) atoms. The molecule has 0 amide bonds. The van der Waals surface area contributed by atoms with Crippen LogP contribution in [0.25, 0.3) is 9.81 Å². The van der Waals surface area contributed by atoms with E-state index in [2.05, 4.69) is 96.9 Å². The van der Waals surface area contributed by atoms with Gasteiger partial charge >= 0.3 is 0 Å². The van der Waals surface area contributed by atoms with Crippen LogP contribution in [0.3, 0.4) is 0 Å². The molecule has 0 N–H and O–H groups in total. The minimum Gasteiger partial charge on any atom is -0.785 e. The van der Waals surface area contributed by atoms with Crippen LogP contribution in [-0.2, 0) is 67.0 Å². The smallest absolute Gasteiger partial charge is 0.125 e. The third-order valence-corrected chi connectivity index (χ3v) is 9.22. The van der Waals surface area contributed by atoms with Crippen LogP contribution < -0.4 is 18.9 Å². The van der Waals surface area contributed by atoms with Gasteiger partial charge in [-0.2, -0.15) is 9.81 Å². The van der Waals surface area contributed by atoms with E-state index >= 15 is 0 Å². The molecule has 0 unspecified atom stereocenters. The molecule has 0 fully saturated rings. The molecule has 0 saturated carbocycles. The normalized spacial score (nSPS) is 12.9. The number of allylic oxidation sites excluding steroid dienone is 2. The largest absolute Gasteiger partial charge is 0.785 e. The summed E-state index contributed by atoms with van der Waals surface area (Å²) in [6.07, 6.45) is 0. The fourth-order valence-electron chi connectivity index (χ4n) is 3.77. The minimum atomic E-state index is -0.156. The summed E-state index contributed by atoms with van der Waals surface area (Å²) in [5.74, 6) is 4.97. The van der Waals surface area contributed by atoms with E-state index in [-0.39, 0.29) is 27.3 Å². The average Bonchev–Trinajstić information content (AvgIpc) is 2.98. The Morgan fingerprint density at radius 1 is 0.490 bits per heavy atom. The molecule has 0 radical (unpaired) electrons. The van der Waals surface area contributed by atoms with Gasteiger partial charge in [0.05, 0.1) is 26.4 Å². The van der Waals surface area contributed by atoms with Crippen molar-refractivity contribution in [3.63, 3.8) is 0 Å². The number of benzene rings is 2. The summed E-state index contributed by atoms with van der Waals surface area (Å²) in [7, 11) is 0. The first-order valence-electron chi connectivity index (χ1n) is 17.0. The standard InChI is InChI=1S/2C20H32O2S2.Ni/c2*1-13(2)11-21-15-8-9-17(22-12-14(3)4)16(10-15)18(23)19(24)20(5,6)7;/h2*8-10,13-14,23-24H,11-12H2,1-7H3;/p-4/b2*19-18-;. The van der Waals surface area contributed by atoms with Gasteiger partial charge < -0.3 is 69.5 Å². The molecule has 0 spiro atoms. The number of rotatable bonds is 14. The van der Waals surface area contributed by atoms with E-state index in [1.54, 1.807) is 0 Å². The first kappa shape index (κ1) is 47.5. The Hall–Kier alpha value is -1.51. The summed E-state index contributed by atoms with van der Waals surface area (Å²) in [5, 5.41) is 0. The Kier molecular flexibility index (Phi) is 21.1. The van der Waals surface area contributed by atoms with Crippen molar-refractivity contribution in [2.24, 2.45) is 34.5 Å². The van der Waals surface area contributed by atoms with Gasteiger partial charge in [-0.3, -0.25) is 0 Å². The molecule has 2 aromatic rings. The quantitative estimate of drug-likeness (QED) is 0.138. The van der Waals surface area contributed by atoms with Crippen LogP contribution in [-0.4, -0.2) is 26.4 Å². The van der Waals surface area contributed by atoms with Gasteiger partial charge in [0.15, 0.2) is 0 Å². The molecule has 0 heterocycles. The van der Waals surface area contributed by atoms with E-state index in [4.69, 9.17) is 69.5 Å². The topological polar surface area (TPSA) is 36.9 Å². The van der Waals surface area contributed by atoms with Crippen LogP contribution in [0.2, 0.25) is 0 Å². The van der Waals surface area contributed by atoms with Crippen molar-refractivity contribution in [2.45, 2.75) is 96.9 Å². The predicted octanol–water partition coefficient (Wildman–Crippen LogP) is 11.1. The fourth-order valence-corrected chi connectivity index (χ4v) is 4.92. The van der Waals surface area contributed by atoms with Crippen molar-refractivity contribution in [3.05, 3.63) is 57.3 Å². The first-order valence-corrected chi connectivity index (χ1v) is 18.6. The second kappa shape index (κ2) is 21.8. The molecule has 0 aliphatic carbocycles. The second-order valence-electron chi connectivity index (χ2n) is 16.0. The predicted molar refractivity (Wildman–Crippen MR) is 216 cm³/mol. The Morgan fingerprint density at radius 2 is 0.755 bits per heavy atom. The summed E-state index contributed by atoms with van der Waals surface area (Å²) in [6, 6.07) is 11.7. The van der Waals surface area contributed by atoms with E-state index in [9.17, 15) is 0 Å². The zero-order chi connectivity index (χ0) is 37.0. The molecule has 9 heteroatoms. The van der Waals surface area contributed by atoms with Crippen LogP contribution >= 0.6 is 0 Å². The molecule has 0 bridgehead atoms. The van der Waals surface area contributed by atoms with Gasteiger partial charge in [-0.1, -0.05) is 96.9 Å². The van der Waals surface area contributed by atoms with Gasteiger partial charge in [0, 0.05) is 16.5 Å². The average molecular weight is 792 g/mol. The fraction of sp³-hybridized carbons (Fsp3) is 0.600. The van der Waals surface area contributed by atoms with E-state index < -0.39 is 0 Å². The van der Waals surface area contributed by atoms with E-state index in [1.807, 2.05) is 36.4 Å². The minimum absolute atomic E-state index is 0. The van der Waals surface area contributed by atoms with Gasteiger partial charge in [0.1, 0.15) is 23.0 Å². The van der Waals surface area contributed by atoms with E-state index in [0.29, 0.717) is 59.9 Å². The van der Waals surface area contributed by atoms with Crippen LogP contribution in [0.4, 0.5) is 0 Å². The monoisotopic (exact) mass is 790 g/mol. The van der Waals surface area contributed by atoms with Crippen LogP contribution in [0, 0.1) is 34.5 Å². The molecule has 282 valence electrons. The van der Waals surface area contributed by atoms with Crippen LogP contribution in [0.5, 0.6) is 23.0 Å². The maximum Gasteiger partial charge on any atom is 0.125 e. The Bertz CT molecular complexity index is 1250. The van der Waals surface area contributed by atoms with Crippen LogP contribution in [0.1, 0.15) is 108 Å². The Labute approximate surface area is 331 Å². The van der Waals surface area contributed by atoms with Crippen molar-refractivity contribution in [1.29, 1.82) is 0 Å². The summed E-state index contributed by atoms with van der Waals surface area (Å²) >= 11 is 22.6. The Morgan fingerprint density at radius 3 is 1.00 bits per heavy atom. The maximum atomic E-state index is 5.96. The third kappa shape index (κ3) is 17.5. The van der Waals surface area contributed by atoms with Gasteiger partial charge in [-0.05, 0) is 82.0 Å².